The number of fused-ring (bicyclic) bond motifs is 2. The monoisotopic (exact) mass is 357 g/mol. The Hall–Kier alpha value is -1.33. The molecule has 0 N–H and O–H groups in total. The molecule has 0 bridgehead atoms. The largest absolute Gasteiger partial charge is 0.245 e. The van der Waals surface area contributed by atoms with E-state index in [0.29, 0.717) is 17.8 Å². The first-order valence-electron chi connectivity index (χ1n) is 8.82. The van der Waals surface area contributed by atoms with Crippen molar-refractivity contribution in [3.05, 3.63) is 38.9 Å². The molecule has 0 saturated carbocycles. The lowest BCUT2D eigenvalue weighted by molar-refractivity contribution is 0.477. The Labute approximate surface area is 151 Å². The summed E-state index contributed by atoms with van der Waals surface area (Å²) in [6.45, 7) is 6.80. The van der Waals surface area contributed by atoms with Crippen LogP contribution < -0.4 is 0 Å². The molecule has 3 aromatic heterocycles. The number of aryl methyl sites for hydroxylation is 1. The molecule has 0 aliphatic heterocycles. The van der Waals surface area contributed by atoms with Crippen molar-refractivity contribution in [3.8, 4) is 0 Å². The van der Waals surface area contributed by atoms with Gasteiger partial charge in [0.15, 0.2) is 0 Å². The third-order valence-electron chi connectivity index (χ3n) is 4.82. The van der Waals surface area contributed by atoms with Gasteiger partial charge in [0, 0.05) is 28.8 Å². The van der Waals surface area contributed by atoms with Crippen LogP contribution in [-0.4, -0.2) is 15.0 Å². The lowest BCUT2D eigenvalue weighted by Crippen LogP contribution is -2.11. The highest BCUT2D eigenvalue weighted by Gasteiger charge is 2.28. The molecule has 0 aromatic carbocycles. The van der Waals surface area contributed by atoms with Crippen molar-refractivity contribution in [3.63, 3.8) is 0 Å². The second-order valence-corrected chi connectivity index (χ2v) is 9.25. The third-order valence-corrected chi connectivity index (χ3v) is 7.47. The molecule has 3 nitrogen and oxygen atoms in total. The highest BCUT2D eigenvalue weighted by Crippen LogP contribution is 2.42. The van der Waals surface area contributed by atoms with Crippen molar-refractivity contribution in [1.29, 1.82) is 0 Å². The van der Waals surface area contributed by atoms with Crippen molar-refractivity contribution in [2.45, 2.75) is 64.2 Å². The van der Waals surface area contributed by atoms with Crippen LogP contribution in [0.1, 0.15) is 78.4 Å². The molecule has 1 aliphatic rings. The molecule has 2 unspecified atom stereocenters. The van der Waals surface area contributed by atoms with Gasteiger partial charge in [0.25, 0.3) is 0 Å². The molecule has 0 saturated heterocycles. The van der Waals surface area contributed by atoms with Crippen LogP contribution in [-0.2, 0) is 6.42 Å². The summed E-state index contributed by atoms with van der Waals surface area (Å²) in [5, 5.41) is 2.53. The van der Waals surface area contributed by atoms with Crippen molar-refractivity contribution in [2.24, 2.45) is 0 Å². The number of thiazole rings is 2. The highest BCUT2D eigenvalue weighted by molar-refractivity contribution is 7.18. The van der Waals surface area contributed by atoms with E-state index >= 15 is 0 Å². The van der Waals surface area contributed by atoms with E-state index in [9.17, 15) is 0 Å². The summed E-state index contributed by atoms with van der Waals surface area (Å²) in [4.78, 5) is 16.8. The third kappa shape index (κ3) is 3.00. The number of pyridine rings is 1. The fourth-order valence-corrected chi connectivity index (χ4v) is 5.69. The molecule has 0 fully saturated rings. The van der Waals surface area contributed by atoms with Gasteiger partial charge in [0.1, 0.15) is 10.3 Å². The molecule has 1 aliphatic carbocycles. The number of aromatic nitrogens is 3. The zero-order valence-electron chi connectivity index (χ0n) is 14.5. The van der Waals surface area contributed by atoms with E-state index < -0.39 is 0 Å². The fourth-order valence-electron chi connectivity index (χ4n) is 3.53. The second-order valence-electron chi connectivity index (χ2n) is 7.12. The lowest BCUT2D eigenvalue weighted by atomic mass is 9.84. The number of nitrogens with zero attached hydrogens (tertiary/aromatic N) is 3. The van der Waals surface area contributed by atoms with Gasteiger partial charge in [0.05, 0.1) is 15.7 Å². The predicted molar refractivity (Wildman–Crippen MR) is 102 cm³/mol. The standard InChI is InChI=1S/C19H23N3S2/c1-11(2)17-22-16-13(6-4-8-15(16)23-17)10-12(3)18-21-14-7-5-9-20-19(14)24-18/h5,7,9,11-13H,4,6,8,10H2,1-3H3. The van der Waals surface area contributed by atoms with E-state index in [4.69, 9.17) is 9.97 Å². The Balaban J connectivity index is 1.57. The van der Waals surface area contributed by atoms with Crippen LogP contribution >= 0.6 is 22.7 Å². The summed E-state index contributed by atoms with van der Waals surface area (Å²) in [6, 6.07) is 4.02. The summed E-state index contributed by atoms with van der Waals surface area (Å²) in [5.41, 5.74) is 2.42. The van der Waals surface area contributed by atoms with E-state index in [1.165, 1.54) is 39.8 Å². The molecule has 3 aromatic rings. The Morgan fingerprint density at radius 1 is 1.17 bits per heavy atom. The minimum atomic E-state index is 0.462. The molecule has 24 heavy (non-hydrogen) atoms. The highest BCUT2D eigenvalue weighted by atomic mass is 32.1. The minimum absolute atomic E-state index is 0.462. The molecule has 2 atom stereocenters. The first-order chi connectivity index (χ1) is 11.6. The first kappa shape index (κ1) is 16.2. The van der Waals surface area contributed by atoms with E-state index in [1.807, 2.05) is 23.6 Å². The average molecular weight is 358 g/mol. The summed E-state index contributed by atoms with van der Waals surface area (Å²) in [7, 11) is 0. The Morgan fingerprint density at radius 2 is 2.04 bits per heavy atom. The molecule has 0 spiro atoms. The van der Waals surface area contributed by atoms with E-state index in [1.54, 1.807) is 11.3 Å². The molecule has 126 valence electrons. The van der Waals surface area contributed by atoms with E-state index in [2.05, 4.69) is 31.8 Å². The maximum atomic E-state index is 5.01. The Morgan fingerprint density at radius 3 is 2.83 bits per heavy atom. The van der Waals surface area contributed by atoms with Crippen molar-refractivity contribution in [1.82, 2.24) is 15.0 Å². The van der Waals surface area contributed by atoms with Crippen LogP contribution in [0.5, 0.6) is 0 Å². The fraction of sp³-hybridized carbons (Fsp3) is 0.526. The van der Waals surface area contributed by atoms with Gasteiger partial charge in [-0.3, -0.25) is 0 Å². The van der Waals surface area contributed by atoms with Gasteiger partial charge in [0.2, 0.25) is 0 Å². The number of hydrogen-bond donors (Lipinski definition) is 0. The van der Waals surface area contributed by atoms with Gasteiger partial charge in [-0.25, -0.2) is 15.0 Å². The van der Waals surface area contributed by atoms with Gasteiger partial charge in [-0.15, -0.1) is 11.3 Å². The normalized spacial score (nSPS) is 18.9. The average Bonchev–Trinajstić information content (AvgIpc) is 3.19. The Kier molecular flexibility index (Phi) is 4.39. The molecule has 4 rings (SSSR count). The minimum Gasteiger partial charge on any atom is -0.245 e. The maximum Gasteiger partial charge on any atom is 0.143 e. The van der Waals surface area contributed by atoms with E-state index in [0.717, 1.165) is 16.8 Å². The van der Waals surface area contributed by atoms with Gasteiger partial charge in [-0.2, -0.15) is 0 Å². The first-order valence-corrected chi connectivity index (χ1v) is 10.5. The Bertz CT molecular complexity index is 816. The van der Waals surface area contributed by atoms with Crippen molar-refractivity contribution in [2.75, 3.05) is 0 Å². The van der Waals surface area contributed by atoms with Crippen LogP contribution in [0.4, 0.5) is 0 Å². The molecular weight excluding hydrogens is 334 g/mol. The van der Waals surface area contributed by atoms with Gasteiger partial charge in [-0.05, 0) is 37.8 Å². The molecular formula is C19H23N3S2. The van der Waals surface area contributed by atoms with Gasteiger partial charge < -0.3 is 0 Å². The summed E-state index contributed by atoms with van der Waals surface area (Å²) in [6.07, 6.45) is 6.78. The van der Waals surface area contributed by atoms with Crippen molar-refractivity contribution >= 4 is 33.0 Å². The van der Waals surface area contributed by atoms with Crippen LogP contribution in [0.2, 0.25) is 0 Å². The lowest BCUT2D eigenvalue weighted by Gasteiger charge is -2.23. The van der Waals surface area contributed by atoms with Gasteiger partial charge in [-0.1, -0.05) is 32.1 Å². The molecule has 0 radical (unpaired) electrons. The van der Waals surface area contributed by atoms with Crippen LogP contribution in [0, 0.1) is 0 Å². The van der Waals surface area contributed by atoms with Crippen molar-refractivity contribution < 1.29 is 0 Å². The zero-order chi connectivity index (χ0) is 16.7. The predicted octanol–water partition coefficient (Wildman–Crippen LogP) is 5.88. The maximum absolute atomic E-state index is 5.01. The van der Waals surface area contributed by atoms with Crippen LogP contribution in [0.3, 0.4) is 0 Å². The summed E-state index contributed by atoms with van der Waals surface area (Å²) < 4.78 is 0. The van der Waals surface area contributed by atoms with Crippen LogP contribution in [0.25, 0.3) is 10.3 Å². The van der Waals surface area contributed by atoms with Crippen LogP contribution in [0.15, 0.2) is 18.3 Å². The molecule has 5 heteroatoms. The number of hydrogen-bond acceptors (Lipinski definition) is 5. The number of rotatable bonds is 4. The smallest absolute Gasteiger partial charge is 0.143 e. The van der Waals surface area contributed by atoms with E-state index in [-0.39, 0.29) is 0 Å². The quantitative estimate of drug-likeness (QED) is 0.585. The SMILES string of the molecule is CC(C)c1nc2c(s1)CCCC2CC(C)c1nc2cccnc2s1. The zero-order valence-corrected chi connectivity index (χ0v) is 16.1. The molecule has 3 heterocycles. The molecule has 0 amide bonds. The summed E-state index contributed by atoms with van der Waals surface area (Å²) >= 11 is 3.69. The van der Waals surface area contributed by atoms with Gasteiger partial charge >= 0.3 is 0 Å². The second kappa shape index (κ2) is 6.52. The topological polar surface area (TPSA) is 38.7 Å². The summed E-state index contributed by atoms with van der Waals surface area (Å²) in [5.74, 6) is 1.59.